The molecule has 3 nitrogen and oxygen atoms in total. The molecule has 1 aromatic heterocycles. The summed E-state index contributed by atoms with van der Waals surface area (Å²) in [6.45, 7) is 1.47. The van der Waals surface area contributed by atoms with Gasteiger partial charge in [-0.25, -0.2) is 0 Å². The van der Waals surface area contributed by atoms with Gasteiger partial charge in [-0.05, 0) is 36.4 Å². The molecule has 0 unspecified atom stereocenters. The molecule has 0 saturated heterocycles. The van der Waals surface area contributed by atoms with E-state index in [0.29, 0.717) is 6.61 Å². The van der Waals surface area contributed by atoms with Crippen LogP contribution in [0.4, 0.5) is 11.4 Å². The number of hydrogen-bond acceptors (Lipinski definition) is 3. The second-order valence-corrected chi connectivity index (χ2v) is 4.75. The highest BCUT2D eigenvalue weighted by Crippen LogP contribution is 2.25. The van der Waals surface area contributed by atoms with Crippen LogP contribution in [0.1, 0.15) is 0 Å². The number of ether oxygens (including phenoxy) is 1. The minimum Gasteiger partial charge on any atom is -0.383 e. The number of benzene rings is 1. The van der Waals surface area contributed by atoms with Gasteiger partial charge in [0.25, 0.3) is 0 Å². The van der Waals surface area contributed by atoms with Crippen LogP contribution in [-0.2, 0) is 4.74 Å². The molecule has 0 saturated carbocycles. The predicted molar refractivity (Wildman–Crippen MR) is 77.3 cm³/mol. The van der Waals surface area contributed by atoms with Crippen molar-refractivity contribution in [2.24, 2.45) is 0 Å². The molecule has 0 fully saturated rings. The first-order valence-electron chi connectivity index (χ1n) is 5.73. The van der Waals surface area contributed by atoms with E-state index >= 15 is 0 Å². The van der Waals surface area contributed by atoms with E-state index in [0.717, 1.165) is 22.4 Å². The first-order chi connectivity index (χ1) is 8.81. The third kappa shape index (κ3) is 3.31. The summed E-state index contributed by atoms with van der Waals surface area (Å²) in [5.41, 5.74) is 2.19. The lowest BCUT2D eigenvalue weighted by atomic mass is 10.2. The lowest BCUT2D eigenvalue weighted by Crippen LogP contribution is -2.21. The zero-order valence-corrected chi connectivity index (χ0v) is 11.8. The maximum atomic E-state index is 5.17. The van der Waals surface area contributed by atoms with Crippen LogP contribution in [0.2, 0.25) is 0 Å². The molecule has 0 atom stereocenters. The van der Waals surface area contributed by atoms with E-state index in [-0.39, 0.29) is 0 Å². The summed E-state index contributed by atoms with van der Waals surface area (Å²) in [4.78, 5) is 6.35. The van der Waals surface area contributed by atoms with Crippen LogP contribution in [0.5, 0.6) is 0 Å². The first-order valence-corrected chi connectivity index (χ1v) is 6.52. The molecule has 0 N–H and O–H groups in total. The van der Waals surface area contributed by atoms with Crippen LogP contribution >= 0.6 is 15.9 Å². The Morgan fingerprint density at radius 3 is 2.56 bits per heavy atom. The number of pyridine rings is 1. The number of anilines is 2. The molecule has 2 rings (SSSR count). The third-order valence-electron chi connectivity index (χ3n) is 2.61. The van der Waals surface area contributed by atoms with Crippen LogP contribution in [-0.4, -0.2) is 25.2 Å². The van der Waals surface area contributed by atoms with E-state index in [2.05, 4.69) is 37.9 Å². The van der Waals surface area contributed by atoms with Gasteiger partial charge in [-0.15, -0.1) is 0 Å². The average molecular weight is 307 g/mol. The Balaban J connectivity index is 2.27. The Bertz CT molecular complexity index is 473. The molecule has 0 radical (unpaired) electrons. The lowest BCUT2D eigenvalue weighted by molar-refractivity contribution is 0.207. The van der Waals surface area contributed by atoms with Gasteiger partial charge < -0.3 is 9.64 Å². The van der Waals surface area contributed by atoms with Crippen molar-refractivity contribution in [3.05, 3.63) is 53.3 Å². The normalized spacial score (nSPS) is 10.3. The van der Waals surface area contributed by atoms with Crippen molar-refractivity contribution < 1.29 is 4.74 Å². The Kier molecular flexibility index (Phi) is 4.73. The molecule has 0 aliphatic carbocycles. The van der Waals surface area contributed by atoms with Crippen LogP contribution < -0.4 is 4.90 Å². The largest absolute Gasteiger partial charge is 0.383 e. The number of rotatable bonds is 5. The molecular weight excluding hydrogens is 292 g/mol. The minimum absolute atomic E-state index is 0.672. The maximum Gasteiger partial charge on any atom is 0.0642 e. The van der Waals surface area contributed by atoms with E-state index in [1.54, 1.807) is 13.3 Å². The minimum atomic E-state index is 0.672. The van der Waals surface area contributed by atoms with Gasteiger partial charge in [-0.1, -0.05) is 15.9 Å². The SMILES string of the molecule is COCCN(c1ccc(Br)cc1)c1cccnc1. The van der Waals surface area contributed by atoms with E-state index in [1.165, 1.54) is 0 Å². The molecule has 0 amide bonds. The van der Waals surface area contributed by atoms with Gasteiger partial charge in [0.15, 0.2) is 0 Å². The van der Waals surface area contributed by atoms with Gasteiger partial charge in [-0.2, -0.15) is 0 Å². The van der Waals surface area contributed by atoms with E-state index in [9.17, 15) is 0 Å². The highest BCUT2D eigenvalue weighted by Gasteiger charge is 2.08. The van der Waals surface area contributed by atoms with Gasteiger partial charge in [0, 0.05) is 30.0 Å². The molecule has 0 spiro atoms. The molecule has 0 bridgehead atoms. The molecule has 18 heavy (non-hydrogen) atoms. The van der Waals surface area contributed by atoms with Crippen molar-refractivity contribution in [1.29, 1.82) is 0 Å². The van der Waals surface area contributed by atoms with Gasteiger partial charge in [-0.3, -0.25) is 4.98 Å². The summed E-state index contributed by atoms with van der Waals surface area (Å²) >= 11 is 3.45. The second kappa shape index (κ2) is 6.52. The molecule has 0 aliphatic heterocycles. The van der Waals surface area contributed by atoms with Crippen molar-refractivity contribution in [1.82, 2.24) is 4.98 Å². The van der Waals surface area contributed by atoms with Crippen molar-refractivity contribution in [2.75, 3.05) is 25.2 Å². The zero-order valence-electron chi connectivity index (χ0n) is 10.2. The topological polar surface area (TPSA) is 25.4 Å². The smallest absolute Gasteiger partial charge is 0.0642 e. The van der Waals surface area contributed by atoms with E-state index in [4.69, 9.17) is 4.74 Å². The molecule has 1 heterocycles. The quantitative estimate of drug-likeness (QED) is 0.843. The van der Waals surface area contributed by atoms with Crippen molar-refractivity contribution in [3.63, 3.8) is 0 Å². The fraction of sp³-hybridized carbons (Fsp3) is 0.214. The van der Waals surface area contributed by atoms with Crippen LogP contribution in [0.25, 0.3) is 0 Å². The maximum absolute atomic E-state index is 5.17. The second-order valence-electron chi connectivity index (χ2n) is 3.83. The summed E-state index contributed by atoms with van der Waals surface area (Å²) < 4.78 is 6.24. The molecular formula is C14H15BrN2O. The molecule has 1 aromatic carbocycles. The standard InChI is InChI=1S/C14H15BrN2O/c1-18-10-9-17(14-3-2-8-16-11-14)13-6-4-12(15)5-7-13/h2-8,11H,9-10H2,1H3. The van der Waals surface area contributed by atoms with Crippen LogP contribution in [0.3, 0.4) is 0 Å². The number of hydrogen-bond donors (Lipinski definition) is 0. The summed E-state index contributed by atoms with van der Waals surface area (Å²) in [7, 11) is 1.71. The predicted octanol–water partition coefficient (Wildman–Crippen LogP) is 3.63. The third-order valence-corrected chi connectivity index (χ3v) is 3.14. The summed E-state index contributed by atoms with van der Waals surface area (Å²) in [5, 5.41) is 0. The fourth-order valence-corrected chi connectivity index (χ4v) is 1.99. The van der Waals surface area contributed by atoms with Gasteiger partial charge in [0.2, 0.25) is 0 Å². The van der Waals surface area contributed by atoms with Crippen molar-refractivity contribution in [3.8, 4) is 0 Å². The first kappa shape index (κ1) is 13.1. The number of halogens is 1. The molecule has 2 aromatic rings. The Morgan fingerprint density at radius 1 is 1.17 bits per heavy atom. The van der Waals surface area contributed by atoms with Gasteiger partial charge >= 0.3 is 0 Å². The summed E-state index contributed by atoms with van der Waals surface area (Å²) in [6, 6.07) is 12.2. The van der Waals surface area contributed by atoms with Gasteiger partial charge in [0.1, 0.15) is 0 Å². The number of methoxy groups -OCH3 is 1. The summed E-state index contributed by atoms with van der Waals surface area (Å²) in [5.74, 6) is 0. The average Bonchev–Trinajstić information content (AvgIpc) is 2.42. The van der Waals surface area contributed by atoms with Crippen LogP contribution in [0.15, 0.2) is 53.3 Å². The Hall–Kier alpha value is -1.39. The highest BCUT2D eigenvalue weighted by atomic mass is 79.9. The molecule has 4 heteroatoms. The number of nitrogens with zero attached hydrogens (tertiary/aromatic N) is 2. The van der Waals surface area contributed by atoms with Crippen LogP contribution in [0, 0.1) is 0 Å². The Morgan fingerprint density at radius 2 is 1.94 bits per heavy atom. The van der Waals surface area contributed by atoms with E-state index < -0.39 is 0 Å². The number of aromatic nitrogens is 1. The van der Waals surface area contributed by atoms with Gasteiger partial charge in [0.05, 0.1) is 18.5 Å². The zero-order chi connectivity index (χ0) is 12.8. The molecule has 94 valence electrons. The monoisotopic (exact) mass is 306 g/mol. The fourth-order valence-electron chi connectivity index (χ4n) is 1.72. The van der Waals surface area contributed by atoms with Crippen molar-refractivity contribution in [2.45, 2.75) is 0 Å². The van der Waals surface area contributed by atoms with Crippen molar-refractivity contribution >= 4 is 27.3 Å². The highest BCUT2D eigenvalue weighted by molar-refractivity contribution is 9.10. The Labute approximate surface area is 116 Å². The summed E-state index contributed by atoms with van der Waals surface area (Å²) in [6.07, 6.45) is 3.64. The lowest BCUT2D eigenvalue weighted by Gasteiger charge is -2.24. The molecule has 0 aliphatic rings. The van der Waals surface area contributed by atoms with E-state index in [1.807, 2.05) is 30.5 Å².